The molecule has 2 atom stereocenters. The molecule has 0 aromatic heterocycles. The zero-order chi connectivity index (χ0) is 14.3. The van der Waals surface area contributed by atoms with Crippen LogP contribution in [0.25, 0.3) is 0 Å². The van der Waals surface area contributed by atoms with Gasteiger partial charge in [-0.05, 0) is 25.1 Å². The fraction of sp³-hybridized carbons (Fsp3) is 0.562. The lowest BCUT2D eigenvalue weighted by Crippen LogP contribution is -2.37. The predicted molar refractivity (Wildman–Crippen MR) is 82.4 cm³/mol. The predicted octanol–water partition coefficient (Wildman–Crippen LogP) is 2.15. The van der Waals surface area contributed by atoms with E-state index in [1.807, 2.05) is 7.05 Å². The molecule has 0 saturated heterocycles. The molecular weight excluding hydrogens is 250 g/mol. The molecule has 0 aliphatic carbocycles. The van der Waals surface area contributed by atoms with Gasteiger partial charge in [0.2, 0.25) is 0 Å². The number of Topliss-reactive ketones (excluding diaryl/α,β-unsaturated/α-hetero) is 1. The van der Waals surface area contributed by atoms with Crippen molar-refractivity contribution in [1.82, 2.24) is 4.90 Å². The SMILES string of the molecule is CC(C)[C@@H]1Nc2cccc3c2C1C(=O)CN(C)CCN3. The maximum atomic E-state index is 12.8. The van der Waals surface area contributed by atoms with Crippen LogP contribution in [-0.2, 0) is 4.79 Å². The fourth-order valence-electron chi connectivity index (χ4n) is 3.36. The first-order valence-electron chi connectivity index (χ1n) is 7.42. The number of nitrogens with one attached hydrogen (secondary N) is 2. The van der Waals surface area contributed by atoms with Gasteiger partial charge in [-0.15, -0.1) is 0 Å². The molecule has 1 aromatic carbocycles. The van der Waals surface area contributed by atoms with Crippen LogP contribution in [0.3, 0.4) is 0 Å². The van der Waals surface area contributed by atoms with E-state index in [0.717, 1.165) is 24.5 Å². The third kappa shape index (κ3) is 2.18. The van der Waals surface area contributed by atoms with Crippen molar-refractivity contribution in [2.45, 2.75) is 25.8 Å². The Bertz CT molecular complexity index is 526. The van der Waals surface area contributed by atoms with E-state index in [4.69, 9.17) is 0 Å². The van der Waals surface area contributed by atoms with Crippen LogP contribution in [0.2, 0.25) is 0 Å². The first-order chi connectivity index (χ1) is 9.58. The fourth-order valence-corrected chi connectivity index (χ4v) is 3.36. The summed E-state index contributed by atoms with van der Waals surface area (Å²) in [6, 6.07) is 6.44. The Balaban J connectivity index is 2.08. The van der Waals surface area contributed by atoms with Gasteiger partial charge >= 0.3 is 0 Å². The summed E-state index contributed by atoms with van der Waals surface area (Å²) in [6.07, 6.45) is 0. The maximum Gasteiger partial charge on any atom is 0.156 e. The summed E-state index contributed by atoms with van der Waals surface area (Å²) in [5.74, 6) is 0.720. The quantitative estimate of drug-likeness (QED) is 0.823. The average molecular weight is 273 g/mol. The highest BCUT2D eigenvalue weighted by Crippen LogP contribution is 2.43. The van der Waals surface area contributed by atoms with Gasteiger partial charge < -0.3 is 10.6 Å². The summed E-state index contributed by atoms with van der Waals surface area (Å²) in [5, 5.41) is 7.05. The molecular formula is C16H23N3O. The number of likely N-dealkylation sites (N-methyl/N-ethyl adjacent to an activating group) is 1. The first kappa shape index (κ1) is 13.4. The highest BCUT2D eigenvalue weighted by molar-refractivity contribution is 5.94. The van der Waals surface area contributed by atoms with E-state index in [1.165, 1.54) is 5.56 Å². The summed E-state index contributed by atoms with van der Waals surface area (Å²) in [5.41, 5.74) is 3.41. The second-order valence-corrected chi connectivity index (χ2v) is 6.29. The van der Waals surface area contributed by atoms with Crippen molar-refractivity contribution in [1.29, 1.82) is 0 Å². The van der Waals surface area contributed by atoms with Crippen molar-refractivity contribution in [3.63, 3.8) is 0 Å². The summed E-state index contributed by atoms with van der Waals surface area (Å²) >= 11 is 0. The summed E-state index contributed by atoms with van der Waals surface area (Å²) in [4.78, 5) is 14.9. The normalized spacial score (nSPS) is 26.3. The molecule has 4 heteroatoms. The van der Waals surface area contributed by atoms with Gasteiger partial charge in [0.15, 0.2) is 5.78 Å². The lowest BCUT2D eigenvalue weighted by molar-refractivity contribution is -0.121. The van der Waals surface area contributed by atoms with Gasteiger partial charge in [0.1, 0.15) is 0 Å². The monoisotopic (exact) mass is 273 g/mol. The third-order valence-electron chi connectivity index (χ3n) is 4.40. The molecule has 1 unspecified atom stereocenters. The smallest absolute Gasteiger partial charge is 0.156 e. The molecule has 2 heterocycles. The van der Waals surface area contributed by atoms with E-state index in [9.17, 15) is 4.79 Å². The highest BCUT2D eigenvalue weighted by Gasteiger charge is 2.40. The van der Waals surface area contributed by atoms with E-state index in [0.29, 0.717) is 18.2 Å². The molecule has 2 N–H and O–H groups in total. The summed E-state index contributed by atoms with van der Waals surface area (Å²) in [7, 11) is 2.02. The van der Waals surface area contributed by atoms with E-state index >= 15 is 0 Å². The number of rotatable bonds is 1. The Morgan fingerprint density at radius 3 is 2.80 bits per heavy atom. The topological polar surface area (TPSA) is 44.4 Å². The van der Waals surface area contributed by atoms with Gasteiger partial charge in [0.05, 0.1) is 12.5 Å². The number of anilines is 2. The number of ketones is 1. The van der Waals surface area contributed by atoms with Crippen LogP contribution in [0.4, 0.5) is 11.4 Å². The van der Waals surface area contributed by atoms with Crippen molar-refractivity contribution in [2.24, 2.45) is 5.92 Å². The zero-order valence-electron chi connectivity index (χ0n) is 12.4. The standard InChI is InChI=1S/C16H23N3O/c1-10(2)16-15-13(20)9-19(3)8-7-17-11-5-4-6-12(18-16)14(11)15/h4-6,10,15-18H,7-9H2,1-3H3/t15?,16-/m0/s1. The van der Waals surface area contributed by atoms with Gasteiger partial charge in [-0.2, -0.15) is 0 Å². The number of hydrogen-bond acceptors (Lipinski definition) is 4. The molecule has 0 spiro atoms. The second kappa shape index (κ2) is 5.09. The number of carbonyl (C=O) groups is 1. The molecule has 0 fully saturated rings. The Kier molecular flexibility index (Phi) is 3.42. The van der Waals surface area contributed by atoms with Crippen molar-refractivity contribution >= 4 is 17.2 Å². The van der Waals surface area contributed by atoms with Crippen molar-refractivity contribution in [3.05, 3.63) is 23.8 Å². The number of hydrogen-bond donors (Lipinski definition) is 2. The molecule has 0 radical (unpaired) electrons. The zero-order valence-corrected chi connectivity index (χ0v) is 12.4. The van der Waals surface area contributed by atoms with E-state index in [-0.39, 0.29) is 12.0 Å². The van der Waals surface area contributed by atoms with Gasteiger partial charge in [-0.1, -0.05) is 19.9 Å². The number of nitrogens with zero attached hydrogens (tertiary/aromatic N) is 1. The Morgan fingerprint density at radius 2 is 2.05 bits per heavy atom. The van der Waals surface area contributed by atoms with E-state index < -0.39 is 0 Å². The minimum atomic E-state index is -0.0331. The van der Waals surface area contributed by atoms with Crippen LogP contribution in [0.1, 0.15) is 25.3 Å². The lowest BCUT2D eigenvalue weighted by Gasteiger charge is -2.24. The maximum absolute atomic E-state index is 12.8. The van der Waals surface area contributed by atoms with Gasteiger partial charge in [0.25, 0.3) is 0 Å². The molecule has 2 aliphatic heterocycles. The molecule has 108 valence electrons. The van der Waals surface area contributed by atoms with Crippen LogP contribution in [0.5, 0.6) is 0 Å². The van der Waals surface area contributed by atoms with Gasteiger partial charge in [-0.25, -0.2) is 0 Å². The van der Waals surface area contributed by atoms with Crippen molar-refractivity contribution in [3.8, 4) is 0 Å². The lowest BCUT2D eigenvalue weighted by atomic mass is 9.84. The molecule has 0 bridgehead atoms. The molecule has 4 nitrogen and oxygen atoms in total. The van der Waals surface area contributed by atoms with Crippen molar-refractivity contribution < 1.29 is 4.79 Å². The summed E-state index contributed by atoms with van der Waals surface area (Å²) in [6.45, 7) is 6.66. The first-order valence-corrected chi connectivity index (χ1v) is 7.42. The van der Waals surface area contributed by atoms with Crippen LogP contribution in [-0.4, -0.2) is 43.4 Å². The second-order valence-electron chi connectivity index (χ2n) is 6.29. The molecule has 3 rings (SSSR count). The molecule has 20 heavy (non-hydrogen) atoms. The van der Waals surface area contributed by atoms with Gasteiger partial charge in [-0.3, -0.25) is 9.69 Å². The minimum absolute atomic E-state index is 0.0331. The molecule has 2 aliphatic rings. The molecule has 1 aromatic rings. The highest BCUT2D eigenvalue weighted by atomic mass is 16.1. The molecule has 0 saturated carbocycles. The minimum Gasteiger partial charge on any atom is -0.383 e. The average Bonchev–Trinajstić information content (AvgIpc) is 2.79. The third-order valence-corrected chi connectivity index (χ3v) is 4.40. The van der Waals surface area contributed by atoms with Crippen LogP contribution in [0, 0.1) is 5.92 Å². The number of benzene rings is 1. The Labute approximate surface area is 120 Å². The van der Waals surface area contributed by atoms with Gasteiger partial charge in [0, 0.05) is 36.1 Å². The van der Waals surface area contributed by atoms with Crippen molar-refractivity contribution in [2.75, 3.05) is 37.3 Å². The Hall–Kier alpha value is -1.55. The van der Waals surface area contributed by atoms with Crippen LogP contribution < -0.4 is 10.6 Å². The van der Waals surface area contributed by atoms with E-state index in [1.54, 1.807) is 0 Å². The number of carbonyl (C=O) groups excluding carboxylic acids is 1. The van der Waals surface area contributed by atoms with Crippen LogP contribution in [0.15, 0.2) is 18.2 Å². The summed E-state index contributed by atoms with van der Waals surface area (Å²) < 4.78 is 0. The Morgan fingerprint density at radius 1 is 1.30 bits per heavy atom. The molecule has 0 amide bonds. The largest absolute Gasteiger partial charge is 0.383 e. The van der Waals surface area contributed by atoms with E-state index in [2.05, 4.69) is 47.6 Å². The van der Waals surface area contributed by atoms with Crippen LogP contribution >= 0.6 is 0 Å².